The highest BCUT2D eigenvalue weighted by atomic mass is 35.5. The minimum atomic E-state index is -0.315. The second-order valence-corrected chi connectivity index (χ2v) is 8.80. The number of amides is 2. The van der Waals surface area contributed by atoms with Crippen LogP contribution in [0.5, 0.6) is 0 Å². The van der Waals surface area contributed by atoms with E-state index in [4.69, 9.17) is 46.4 Å². The zero-order chi connectivity index (χ0) is 23.4. The van der Waals surface area contributed by atoms with Gasteiger partial charge in [-0.2, -0.15) is 0 Å². The van der Waals surface area contributed by atoms with Crippen LogP contribution >= 0.6 is 46.4 Å². The van der Waals surface area contributed by atoms with Gasteiger partial charge in [-0.25, -0.2) is 0 Å². The van der Waals surface area contributed by atoms with Crippen LogP contribution in [0.15, 0.2) is 47.5 Å². The first-order valence-corrected chi connectivity index (χ1v) is 11.0. The summed E-state index contributed by atoms with van der Waals surface area (Å²) in [6.07, 6.45) is 3.34. The maximum atomic E-state index is 13.2. The molecule has 1 saturated heterocycles. The van der Waals surface area contributed by atoms with Crippen molar-refractivity contribution < 1.29 is 14.4 Å². The molecule has 1 fully saturated rings. The van der Waals surface area contributed by atoms with E-state index in [0.717, 1.165) is 0 Å². The van der Waals surface area contributed by atoms with Crippen LogP contribution in [0.25, 0.3) is 12.2 Å². The molecule has 0 spiro atoms. The smallest absolute Gasteiger partial charge is 0.242 e. The number of carbonyl (C=O) groups excluding carboxylic acids is 3. The average Bonchev–Trinajstić information content (AvgIpc) is 2.74. The van der Waals surface area contributed by atoms with Crippen LogP contribution in [0.4, 0.5) is 0 Å². The highest BCUT2D eigenvalue weighted by Crippen LogP contribution is 2.28. The van der Waals surface area contributed by atoms with Gasteiger partial charge in [0, 0.05) is 31.2 Å². The van der Waals surface area contributed by atoms with Gasteiger partial charge in [-0.1, -0.05) is 58.5 Å². The van der Waals surface area contributed by atoms with Crippen LogP contribution in [-0.2, 0) is 14.4 Å². The summed E-state index contributed by atoms with van der Waals surface area (Å²) < 4.78 is 0. The van der Waals surface area contributed by atoms with Crippen LogP contribution in [-0.4, -0.2) is 42.1 Å². The van der Waals surface area contributed by atoms with Crippen LogP contribution in [0.1, 0.15) is 18.1 Å². The molecule has 1 aliphatic rings. The van der Waals surface area contributed by atoms with E-state index in [-0.39, 0.29) is 37.2 Å². The Labute approximate surface area is 205 Å². The third-order valence-electron chi connectivity index (χ3n) is 4.72. The van der Waals surface area contributed by atoms with Gasteiger partial charge in [0.15, 0.2) is 5.78 Å². The van der Waals surface area contributed by atoms with Crippen molar-refractivity contribution in [3.05, 3.63) is 78.8 Å². The van der Waals surface area contributed by atoms with E-state index in [2.05, 4.69) is 5.32 Å². The molecule has 0 aromatic heterocycles. The first kappa shape index (κ1) is 24.3. The third kappa shape index (κ3) is 6.14. The number of hydrogen-bond donors (Lipinski definition) is 1. The summed E-state index contributed by atoms with van der Waals surface area (Å²) in [6.45, 7) is 1.36. The van der Waals surface area contributed by atoms with Crippen LogP contribution in [0, 0.1) is 0 Å². The van der Waals surface area contributed by atoms with Gasteiger partial charge in [0.1, 0.15) is 0 Å². The number of nitrogens with zero attached hydrogens (tertiary/aromatic N) is 1. The lowest BCUT2D eigenvalue weighted by Gasteiger charge is -2.30. The fraction of sp³-hybridized carbons (Fsp3) is 0.174. The number of Topliss-reactive ketones (excluding diaryl/α,β-unsaturated/α-hetero) is 1. The predicted octanol–water partition coefficient (Wildman–Crippen LogP) is 5.31. The molecule has 2 amide bonds. The molecule has 5 nitrogen and oxygen atoms in total. The summed E-state index contributed by atoms with van der Waals surface area (Å²) >= 11 is 24.1. The first-order valence-electron chi connectivity index (χ1n) is 9.52. The van der Waals surface area contributed by atoms with Gasteiger partial charge in [0.2, 0.25) is 11.8 Å². The first-order chi connectivity index (χ1) is 15.1. The van der Waals surface area contributed by atoms with Crippen molar-refractivity contribution >= 4 is 76.2 Å². The molecule has 2 aromatic carbocycles. The Morgan fingerprint density at radius 1 is 0.875 bits per heavy atom. The van der Waals surface area contributed by atoms with E-state index in [9.17, 15) is 14.4 Å². The number of hydrogen-bond acceptors (Lipinski definition) is 3. The fourth-order valence-corrected chi connectivity index (χ4v) is 3.75. The number of likely N-dealkylation sites (tertiary alicyclic amines) is 1. The molecule has 9 heteroatoms. The summed E-state index contributed by atoms with van der Waals surface area (Å²) in [5.74, 6) is -0.830. The van der Waals surface area contributed by atoms with Crippen molar-refractivity contribution in [2.75, 3.05) is 19.6 Å². The minimum absolute atomic E-state index is 0.0935. The highest BCUT2D eigenvalue weighted by Gasteiger charge is 2.29. The molecule has 0 atom stereocenters. The predicted molar refractivity (Wildman–Crippen MR) is 129 cm³/mol. The van der Waals surface area contributed by atoms with Gasteiger partial charge in [-0.15, -0.1) is 0 Å². The van der Waals surface area contributed by atoms with E-state index < -0.39 is 0 Å². The second-order valence-electron chi connectivity index (χ2n) is 7.17. The molecule has 0 aliphatic carbocycles. The molecule has 1 N–H and O–H groups in total. The Morgan fingerprint density at radius 3 is 1.75 bits per heavy atom. The molecule has 32 heavy (non-hydrogen) atoms. The fourth-order valence-electron chi connectivity index (χ4n) is 3.13. The molecule has 0 unspecified atom stereocenters. The van der Waals surface area contributed by atoms with Crippen LogP contribution in [0.3, 0.4) is 0 Å². The van der Waals surface area contributed by atoms with Crippen LogP contribution < -0.4 is 5.32 Å². The molecule has 3 rings (SSSR count). The van der Waals surface area contributed by atoms with Crippen molar-refractivity contribution in [2.45, 2.75) is 6.92 Å². The summed E-state index contributed by atoms with van der Waals surface area (Å²) in [4.78, 5) is 38.6. The summed E-state index contributed by atoms with van der Waals surface area (Å²) in [7, 11) is 0. The number of benzene rings is 2. The minimum Gasteiger partial charge on any atom is -0.347 e. The Hall–Kier alpha value is -2.31. The molecule has 2 aromatic rings. The van der Waals surface area contributed by atoms with Crippen molar-refractivity contribution in [3.8, 4) is 0 Å². The van der Waals surface area contributed by atoms with E-state index in [1.54, 1.807) is 48.6 Å². The maximum absolute atomic E-state index is 13.2. The van der Waals surface area contributed by atoms with Crippen LogP contribution in [0.2, 0.25) is 20.1 Å². The topological polar surface area (TPSA) is 66.5 Å². The highest BCUT2D eigenvalue weighted by molar-refractivity contribution is 6.42. The summed E-state index contributed by atoms with van der Waals surface area (Å²) in [5, 5.41) is 4.00. The number of nitrogens with one attached hydrogen (secondary N) is 1. The van der Waals surface area contributed by atoms with Gasteiger partial charge in [0.25, 0.3) is 0 Å². The molecule has 0 bridgehead atoms. The number of piperidine rings is 1. The normalized spacial score (nSPS) is 16.5. The van der Waals surface area contributed by atoms with E-state index in [1.165, 1.54) is 11.8 Å². The summed E-state index contributed by atoms with van der Waals surface area (Å²) in [6, 6.07) is 10.0. The standard InChI is InChI=1S/C23H18Cl4N2O3/c1-13(30)28-10-22(31)29-11-16(6-14-2-4-18(24)20(26)8-14)23(32)17(12-29)7-15-3-5-19(25)21(27)9-15/h2-9H,10-12H2,1H3,(H,28,30)/b16-6+,17-7+. The van der Waals surface area contributed by atoms with Crippen molar-refractivity contribution in [3.63, 3.8) is 0 Å². The Kier molecular flexibility index (Phi) is 8.01. The molecular weight excluding hydrogens is 494 g/mol. The summed E-state index contributed by atoms with van der Waals surface area (Å²) in [5.41, 5.74) is 2.15. The van der Waals surface area contributed by atoms with Crippen molar-refractivity contribution in [2.24, 2.45) is 0 Å². The van der Waals surface area contributed by atoms with Gasteiger partial charge >= 0.3 is 0 Å². The number of carbonyl (C=O) groups is 3. The quantitative estimate of drug-likeness (QED) is 0.565. The van der Waals surface area contributed by atoms with E-state index >= 15 is 0 Å². The molecule has 0 radical (unpaired) electrons. The zero-order valence-corrected chi connectivity index (χ0v) is 19.9. The largest absolute Gasteiger partial charge is 0.347 e. The lowest BCUT2D eigenvalue weighted by molar-refractivity contribution is -0.132. The van der Waals surface area contributed by atoms with Gasteiger partial charge in [0.05, 0.1) is 26.6 Å². The lowest BCUT2D eigenvalue weighted by Crippen LogP contribution is -2.45. The zero-order valence-electron chi connectivity index (χ0n) is 16.9. The number of ketones is 1. The number of halogens is 4. The monoisotopic (exact) mass is 510 g/mol. The maximum Gasteiger partial charge on any atom is 0.242 e. The average molecular weight is 512 g/mol. The molecular formula is C23H18Cl4N2O3. The van der Waals surface area contributed by atoms with E-state index in [1.807, 2.05) is 0 Å². The lowest BCUT2D eigenvalue weighted by atomic mass is 9.94. The van der Waals surface area contributed by atoms with Crippen molar-refractivity contribution in [1.82, 2.24) is 10.2 Å². The molecule has 1 heterocycles. The molecule has 1 aliphatic heterocycles. The third-order valence-corrected chi connectivity index (χ3v) is 6.19. The molecule has 0 saturated carbocycles. The SMILES string of the molecule is CC(=O)NCC(=O)N1C/C(=C\c2ccc(Cl)c(Cl)c2)C(=O)/C(=C/c2ccc(Cl)c(Cl)c2)C1. The van der Waals surface area contributed by atoms with Crippen molar-refractivity contribution in [1.29, 1.82) is 0 Å². The van der Waals surface area contributed by atoms with Gasteiger partial charge in [-0.3, -0.25) is 14.4 Å². The Balaban J connectivity index is 1.98. The Morgan fingerprint density at radius 2 is 1.34 bits per heavy atom. The number of rotatable bonds is 4. The Bertz CT molecular complexity index is 1080. The molecule has 166 valence electrons. The van der Waals surface area contributed by atoms with Gasteiger partial charge < -0.3 is 10.2 Å². The second kappa shape index (κ2) is 10.5. The van der Waals surface area contributed by atoms with E-state index in [0.29, 0.717) is 42.4 Å². The van der Waals surface area contributed by atoms with Gasteiger partial charge in [-0.05, 0) is 47.5 Å².